The number of para-hydroxylation sites is 1. The van der Waals surface area contributed by atoms with Crippen molar-refractivity contribution in [2.75, 3.05) is 5.32 Å². The molecule has 0 aliphatic heterocycles. The van der Waals surface area contributed by atoms with Crippen molar-refractivity contribution in [2.24, 2.45) is 0 Å². The Hall–Kier alpha value is -2.17. The quantitative estimate of drug-likeness (QED) is 0.611. The predicted octanol–water partition coefficient (Wildman–Crippen LogP) is 5.44. The molecule has 2 aromatic carbocycles. The third kappa shape index (κ3) is 4.02. The molecule has 0 radical (unpaired) electrons. The summed E-state index contributed by atoms with van der Waals surface area (Å²) in [6.07, 6.45) is 0. The molecule has 0 saturated heterocycles. The van der Waals surface area contributed by atoms with Crippen LogP contribution in [0.5, 0.6) is 0 Å². The van der Waals surface area contributed by atoms with E-state index in [2.05, 4.69) is 72.3 Å². The minimum atomic E-state index is 0.0506. The standard InChI is InChI=1S/C20H20N2S2/c1-14-9-11-16(12-10-14)19(18-8-5-13-24-18)22-20(23)21-17-7-4-3-6-15(17)2/h3-13,19H,1-2H3,(H2,21,22,23)/t19-/m1/s1. The maximum absolute atomic E-state index is 5.55. The average molecular weight is 353 g/mol. The van der Waals surface area contributed by atoms with Gasteiger partial charge in [-0.15, -0.1) is 11.3 Å². The highest BCUT2D eigenvalue weighted by atomic mass is 32.1. The highest BCUT2D eigenvalue weighted by Gasteiger charge is 2.16. The molecule has 3 rings (SSSR count). The number of benzene rings is 2. The van der Waals surface area contributed by atoms with Gasteiger partial charge >= 0.3 is 0 Å². The second-order valence-electron chi connectivity index (χ2n) is 5.77. The van der Waals surface area contributed by atoms with Gasteiger partial charge in [0.1, 0.15) is 0 Å². The van der Waals surface area contributed by atoms with E-state index >= 15 is 0 Å². The van der Waals surface area contributed by atoms with Gasteiger partial charge in [-0.3, -0.25) is 0 Å². The molecule has 0 saturated carbocycles. The van der Waals surface area contributed by atoms with Crippen molar-refractivity contribution in [3.05, 3.63) is 87.6 Å². The van der Waals surface area contributed by atoms with Crippen LogP contribution in [0.15, 0.2) is 66.0 Å². The van der Waals surface area contributed by atoms with Crippen molar-refractivity contribution in [2.45, 2.75) is 19.9 Å². The molecule has 122 valence electrons. The van der Waals surface area contributed by atoms with Crippen molar-refractivity contribution in [1.82, 2.24) is 5.32 Å². The van der Waals surface area contributed by atoms with Gasteiger partial charge in [0.15, 0.2) is 5.11 Å². The Morgan fingerprint density at radius 3 is 2.38 bits per heavy atom. The second-order valence-corrected chi connectivity index (χ2v) is 7.16. The van der Waals surface area contributed by atoms with Gasteiger partial charge in [0.2, 0.25) is 0 Å². The van der Waals surface area contributed by atoms with E-state index in [1.54, 1.807) is 11.3 Å². The van der Waals surface area contributed by atoms with Gasteiger partial charge in [-0.2, -0.15) is 0 Å². The van der Waals surface area contributed by atoms with E-state index in [-0.39, 0.29) is 6.04 Å². The van der Waals surface area contributed by atoms with Crippen molar-refractivity contribution in [1.29, 1.82) is 0 Å². The maximum atomic E-state index is 5.55. The number of thiophene rings is 1. The van der Waals surface area contributed by atoms with Crippen molar-refractivity contribution in [3.8, 4) is 0 Å². The van der Waals surface area contributed by atoms with Gasteiger partial charge < -0.3 is 10.6 Å². The summed E-state index contributed by atoms with van der Waals surface area (Å²) >= 11 is 7.29. The number of hydrogen-bond donors (Lipinski definition) is 2. The fraction of sp³-hybridized carbons (Fsp3) is 0.150. The van der Waals surface area contributed by atoms with E-state index < -0.39 is 0 Å². The monoisotopic (exact) mass is 352 g/mol. The van der Waals surface area contributed by atoms with Gasteiger partial charge in [-0.25, -0.2) is 0 Å². The van der Waals surface area contributed by atoms with E-state index in [0.29, 0.717) is 5.11 Å². The van der Waals surface area contributed by atoms with Crippen molar-refractivity contribution >= 4 is 34.4 Å². The minimum absolute atomic E-state index is 0.0506. The first-order valence-corrected chi connectivity index (χ1v) is 9.15. The van der Waals surface area contributed by atoms with Gasteiger partial charge in [0, 0.05) is 10.6 Å². The van der Waals surface area contributed by atoms with Crippen LogP contribution in [0.2, 0.25) is 0 Å². The lowest BCUT2D eigenvalue weighted by atomic mass is 10.0. The highest BCUT2D eigenvalue weighted by molar-refractivity contribution is 7.80. The number of aryl methyl sites for hydroxylation is 2. The Kier molecular flexibility index (Phi) is 5.28. The minimum Gasteiger partial charge on any atom is -0.351 e. The molecule has 0 amide bonds. The van der Waals surface area contributed by atoms with Crippen LogP contribution in [0.4, 0.5) is 5.69 Å². The normalized spacial score (nSPS) is 11.8. The molecule has 0 fully saturated rings. The van der Waals surface area contributed by atoms with Crippen molar-refractivity contribution in [3.63, 3.8) is 0 Å². The van der Waals surface area contributed by atoms with E-state index in [0.717, 1.165) is 5.69 Å². The summed E-state index contributed by atoms with van der Waals surface area (Å²) in [7, 11) is 0. The fourth-order valence-corrected chi connectivity index (χ4v) is 3.57. The summed E-state index contributed by atoms with van der Waals surface area (Å²) in [6.45, 7) is 4.17. The molecule has 3 aromatic rings. The number of nitrogens with one attached hydrogen (secondary N) is 2. The zero-order valence-electron chi connectivity index (χ0n) is 13.7. The summed E-state index contributed by atoms with van der Waals surface area (Å²) in [5, 5.41) is 9.49. The third-order valence-corrected chi connectivity index (χ3v) is 5.06. The molecule has 0 unspecified atom stereocenters. The molecule has 1 aromatic heterocycles. The summed E-state index contributed by atoms with van der Waals surface area (Å²) in [4.78, 5) is 1.24. The Labute approximate surface area is 152 Å². The molecule has 4 heteroatoms. The van der Waals surface area contributed by atoms with Gasteiger partial charge in [0.25, 0.3) is 0 Å². The summed E-state index contributed by atoms with van der Waals surface area (Å²) in [5.74, 6) is 0. The molecule has 0 aliphatic rings. The lowest BCUT2D eigenvalue weighted by Gasteiger charge is -2.21. The molecule has 0 spiro atoms. The largest absolute Gasteiger partial charge is 0.351 e. The second kappa shape index (κ2) is 7.60. The number of hydrogen-bond acceptors (Lipinski definition) is 2. The Balaban J connectivity index is 1.81. The lowest BCUT2D eigenvalue weighted by Crippen LogP contribution is -2.32. The van der Waals surface area contributed by atoms with E-state index in [9.17, 15) is 0 Å². The predicted molar refractivity (Wildman–Crippen MR) is 108 cm³/mol. The Morgan fingerprint density at radius 2 is 1.71 bits per heavy atom. The molecule has 2 nitrogen and oxygen atoms in total. The average Bonchev–Trinajstić information content (AvgIpc) is 3.10. The first-order valence-electron chi connectivity index (χ1n) is 7.86. The first kappa shape index (κ1) is 16.7. The van der Waals surface area contributed by atoms with Gasteiger partial charge in [-0.1, -0.05) is 54.1 Å². The Bertz CT molecular complexity index is 808. The maximum Gasteiger partial charge on any atom is 0.171 e. The van der Waals surface area contributed by atoms with E-state index in [1.165, 1.54) is 21.6 Å². The van der Waals surface area contributed by atoms with Crippen LogP contribution in [0.25, 0.3) is 0 Å². The molecular weight excluding hydrogens is 332 g/mol. The number of anilines is 1. The molecule has 24 heavy (non-hydrogen) atoms. The van der Waals surface area contributed by atoms with E-state index in [4.69, 9.17) is 12.2 Å². The third-order valence-electron chi connectivity index (χ3n) is 3.91. The topological polar surface area (TPSA) is 24.1 Å². The van der Waals surface area contributed by atoms with Crippen LogP contribution >= 0.6 is 23.6 Å². The summed E-state index contributed by atoms with van der Waals surface area (Å²) < 4.78 is 0. The molecule has 1 atom stereocenters. The van der Waals surface area contributed by atoms with Crippen LogP contribution in [0.3, 0.4) is 0 Å². The molecule has 2 N–H and O–H groups in total. The van der Waals surface area contributed by atoms with Crippen LogP contribution in [0.1, 0.15) is 27.6 Å². The fourth-order valence-electron chi connectivity index (χ4n) is 2.54. The van der Waals surface area contributed by atoms with E-state index in [1.807, 2.05) is 18.2 Å². The molecule has 0 bridgehead atoms. The molecule has 0 aliphatic carbocycles. The van der Waals surface area contributed by atoms with Crippen LogP contribution in [-0.4, -0.2) is 5.11 Å². The SMILES string of the molecule is Cc1ccc([C@@H](NC(=S)Nc2ccccc2C)c2cccs2)cc1. The summed E-state index contributed by atoms with van der Waals surface area (Å²) in [6, 6.07) is 21.0. The number of thiocarbonyl (C=S) groups is 1. The van der Waals surface area contributed by atoms with Crippen LogP contribution in [0, 0.1) is 13.8 Å². The van der Waals surface area contributed by atoms with Gasteiger partial charge in [0.05, 0.1) is 6.04 Å². The van der Waals surface area contributed by atoms with Crippen molar-refractivity contribution < 1.29 is 0 Å². The zero-order chi connectivity index (χ0) is 16.9. The first-order chi connectivity index (χ1) is 11.6. The smallest absolute Gasteiger partial charge is 0.171 e. The van der Waals surface area contributed by atoms with Gasteiger partial charge in [-0.05, 0) is 54.7 Å². The van der Waals surface area contributed by atoms with Crippen LogP contribution in [-0.2, 0) is 0 Å². The lowest BCUT2D eigenvalue weighted by molar-refractivity contribution is 0.784. The summed E-state index contributed by atoms with van der Waals surface area (Å²) in [5.41, 5.74) is 4.66. The zero-order valence-corrected chi connectivity index (χ0v) is 15.4. The Morgan fingerprint density at radius 1 is 0.958 bits per heavy atom. The molecule has 1 heterocycles. The van der Waals surface area contributed by atoms with Crippen LogP contribution < -0.4 is 10.6 Å². The molecular formula is C20H20N2S2. The highest BCUT2D eigenvalue weighted by Crippen LogP contribution is 2.26. The number of rotatable bonds is 4.